The second-order valence-electron chi connectivity index (χ2n) is 15.0. The number of hydrogen-bond acceptors (Lipinski definition) is 6. The van der Waals surface area contributed by atoms with Crippen molar-refractivity contribution in [3.63, 3.8) is 0 Å². The highest BCUT2D eigenvalue weighted by Crippen LogP contribution is 2.39. The fraction of sp³-hybridized carbons (Fsp3) is 0.160. The lowest BCUT2D eigenvalue weighted by atomic mass is 9.99. The van der Waals surface area contributed by atoms with Crippen molar-refractivity contribution >= 4 is 55.8 Å². The van der Waals surface area contributed by atoms with Crippen LogP contribution in [0, 0.1) is 0 Å². The molecular formula is C50H41N5O4. The summed E-state index contributed by atoms with van der Waals surface area (Å²) in [6.07, 6.45) is 7.10. The van der Waals surface area contributed by atoms with Crippen LogP contribution in [0.1, 0.15) is 66.2 Å². The van der Waals surface area contributed by atoms with Crippen LogP contribution in [0.3, 0.4) is 0 Å². The van der Waals surface area contributed by atoms with Gasteiger partial charge in [0.15, 0.2) is 0 Å². The number of rotatable bonds is 13. The van der Waals surface area contributed by atoms with Gasteiger partial charge in [-0.3, -0.25) is 0 Å². The highest BCUT2D eigenvalue weighted by Gasteiger charge is 2.20. The number of fused-ring (bicyclic) bond motifs is 5. The van der Waals surface area contributed by atoms with Gasteiger partial charge in [0.05, 0.1) is 56.0 Å². The van der Waals surface area contributed by atoms with Crippen molar-refractivity contribution in [1.29, 1.82) is 0 Å². The van der Waals surface area contributed by atoms with Gasteiger partial charge in [-0.05, 0) is 67.1 Å². The van der Waals surface area contributed by atoms with E-state index in [0.717, 1.165) is 63.4 Å². The van der Waals surface area contributed by atoms with E-state index in [1.807, 2.05) is 60.7 Å². The van der Waals surface area contributed by atoms with E-state index in [2.05, 4.69) is 47.9 Å². The maximum atomic E-state index is 12.0. The third-order valence-corrected chi connectivity index (χ3v) is 11.1. The molecule has 59 heavy (non-hydrogen) atoms. The van der Waals surface area contributed by atoms with Crippen molar-refractivity contribution in [2.45, 2.75) is 52.0 Å². The largest absolute Gasteiger partial charge is 0.478 e. The zero-order valence-electron chi connectivity index (χ0n) is 32.6. The number of carbonyl (C=O) groups is 2. The minimum Gasteiger partial charge on any atom is -0.478 e. The topological polar surface area (TPSA) is 131 Å². The van der Waals surface area contributed by atoms with Crippen LogP contribution in [-0.4, -0.2) is 46.7 Å². The molecule has 0 bridgehead atoms. The number of aromatic carboxylic acids is 2. The summed E-state index contributed by atoms with van der Waals surface area (Å²) in [5.74, 6) is -2.04. The normalized spacial score (nSPS) is 11.5. The summed E-state index contributed by atoms with van der Waals surface area (Å²) in [7, 11) is 0. The van der Waals surface area contributed by atoms with Crippen LogP contribution in [0.5, 0.6) is 0 Å². The first kappa shape index (κ1) is 37.3. The van der Waals surface area contributed by atoms with Crippen LogP contribution < -0.4 is 0 Å². The maximum Gasteiger partial charge on any atom is 0.335 e. The van der Waals surface area contributed by atoms with Crippen molar-refractivity contribution in [2.75, 3.05) is 0 Å². The number of unbranched alkanes of at least 4 members (excludes halogenated alkanes) is 5. The van der Waals surface area contributed by atoms with Crippen molar-refractivity contribution < 1.29 is 19.8 Å². The quantitative estimate of drug-likeness (QED) is 0.111. The molecule has 0 spiro atoms. The number of carboxylic acid groups (broad SMARTS) is 2. The van der Waals surface area contributed by atoms with Crippen molar-refractivity contribution in [3.8, 4) is 45.0 Å². The van der Waals surface area contributed by atoms with Gasteiger partial charge in [0.1, 0.15) is 0 Å². The molecule has 6 aromatic carbocycles. The lowest BCUT2D eigenvalue weighted by Crippen LogP contribution is -2.00. The standard InChI is InChI=1S/C50H41N5O4/c1-2-3-4-5-6-13-26-55-43-24-20-33(47-45(31-14-9-7-10-15-31)51-39-22-18-35(49(56)57)29-41(39)53-47)27-37(43)38-28-34(21-25-44(38)55)48-46(32-16-11-8-12-17-32)52-40-23-19-36(50(58)59)30-42(40)54-48/h7-12,14-25,27-30H,2-6,13,26H2,1H3,(H,56,57)(H,58,59). The van der Waals surface area contributed by atoms with Crippen LogP contribution in [-0.2, 0) is 6.54 Å². The van der Waals surface area contributed by atoms with Crippen LogP contribution in [0.4, 0.5) is 0 Å². The number of carboxylic acids is 2. The molecule has 3 heterocycles. The number of benzene rings is 6. The van der Waals surface area contributed by atoms with E-state index in [1.54, 1.807) is 36.4 Å². The Hall–Kier alpha value is -7.26. The Labute approximate surface area is 340 Å². The van der Waals surface area contributed by atoms with Crippen LogP contribution in [0.2, 0.25) is 0 Å². The molecule has 0 atom stereocenters. The highest BCUT2D eigenvalue weighted by molar-refractivity contribution is 6.11. The van der Waals surface area contributed by atoms with E-state index < -0.39 is 11.9 Å². The van der Waals surface area contributed by atoms with Gasteiger partial charge in [0.25, 0.3) is 0 Å². The Morgan fingerprint density at radius 1 is 0.458 bits per heavy atom. The van der Waals surface area contributed by atoms with E-state index in [-0.39, 0.29) is 11.1 Å². The van der Waals surface area contributed by atoms with Gasteiger partial charge in [0, 0.05) is 50.6 Å². The average molecular weight is 776 g/mol. The van der Waals surface area contributed by atoms with Crippen LogP contribution in [0.25, 0.3) is 88.9 Å². The summed E-state index contributed by atoms with van der Waals surface area (Å²) in [6, 6.07) is 42.4. The smallest absolute Gasteiger partial charge is 0.335 e. The fourth-order valence-electron chi connectivity index (χ4n) is 8.06. The molecule has 9 nitrogen and oxygen atoms in total. The molecule has 0 aliphatic carbocycles. The summed E-state index contributed by atoms with van der Waals surface area (Å²) < 4.78 is 2.41. The molecule has 0 unspecified atom stereocenters. The van der Waals surface area contributed by atoms with E-state index in [9.17, 15) is 19.8 Å². The Morgan fingerprint density at radius 3 is 1.34 bits per heavy atom. The predicted molar refractivity (Wildman–Crippen MR) is 235 cm³/mol. The van der Waals surface area contributed by atoms with E-state index in [0.29, 0.717) is 44.8 Å². The third-order valence-electron chi connectivity index (χ3n) is 11.1. The Morgan fingerprint density at radius 2 is 0.881 bits per heavy atom. The first-order valence-corrected chi connectivity index (χ1v) is 20.1. The highest BCUT2D eigenvalue weighted by atomic mass is 16.4. The zero-order valence-corrected chi connectivity index (χ0v) is 32.6. The summed E-state index contributed by atoms with van der Waals surface area (Å²) >= 11 is 0. The molecule has 0 saturated heterocycles. The number of aryl methyl sites for hydroxylation is 1. The molecule has 290 valence electrons. The molecule has 0 aliphatic heterocycles. The van der Waals surface area contributed by atoms with Gasteiger partial charge in [-0.1, -0.05) is 112 Å². The summed E-state index contributed by atoms with van der Waals surface area (Å²) in [6.45, 7) is 3.09. The summed E-state index contributed by atoms with van der Waals surface area (Å²) in [5.41, 5.74) is 10.9. The monoisotopic (exact) mass is 775 g/mol. The molecule has 9 rings (SSSR count). The second-order valence-corrected chi connectivity index (χ2v) is 15.0. The Balaban J connectivity index is 1.26. The molecular weight excluding hydrogens is 735 g/mol. The SMILES string of the molecule is CCCCCCCCn1c2ccc(-c3nc4cc(C(=O)O)ccc4nc3-c3ccccc3)cc2c2cc(-c3nc4cc(C(=O)O)ccc4nc3-c3ccccc3)ccc21. The molecule has 0 saturated carbocycles. The van der Waals surface area contributed by atoms with Gasteiger partial charge >= 0.3 is 11.9 Å². The van der Waals surface area contributed by atoms with Crippen molar-refractivity contribution in [3.05, 3.63) is 145 Å². The van der Waals surface area contributed by atoms with Gasteiger partial charge in [0.2, 0.25) is 0 Å². The van der Waals surface area contributed by atoms with Gasteiger partial charge < -0.3 is 14.8 Å². The number of hydrogen-bond donors (Lipinski definition) is 2. The molecule has 2 N–H and O–H groups in total. The lowest BCUT2D eigenvalue weighted by molar-refractivity contribution is 0.0686. The fourth-order valence-corrected chi connectivity index (χ4v) is 8.06. The molecule has 0 radical (unpaired) electrons. The third kappa shape index (κ3) is 7.27. The second kappa shape index (κ2) is 15.9. The van der Waals surface area contributed by atoms with Crippen LogP contribution >= 0.6 is 0 Å². The van der Waals surface area contributed by atoms with Gasteiger partial charge in [-0.2, -0.15) is 0 Å². The first-order valence-electron chi connectivity index (χ1n) is 20.1. The molecule has 0 amide bonds. The molecule has 0 fully saturated rings. The predicted octanol–water partition coefficient (Wildman–Crippen LogP) is 12.1. The van der Waals surface area contributed by atoms with Gasteiger partial charge in [-0.25, -0.2) is 29.5 Å². The average Bonchev–Trinajstić information content (AvgIpc) is 3.58. The van der Waals surface area contributed by atoms with Crippen molar-refractivity contribution in [2.24, 2.45) is 0 Å². The van der Waals surface area contributed by atoms with Crippen molar-refractivity contribution in [1.82, 2.24) is 24.5 Å². The Kier molecular flexibility index (Phi) is 10.1. The molecule has 9 aromatic rings. The molecule has 9 heteroatoms. The number of aromatic nitrogens is 5. The first-order chi connectivity index (χ1) is 28.9. The maximum absolute atomic E-state index is 12.0. The summed E-state index contributed by atoms with van der Waals surface area (Å²) in [4.78, 5) is 44.3. The molecule has 3 aromatic heterocycles. The van der Waals surface area contributed by atoms with E-state index in [1.165, 1.54) is 25.7 Å². The molecule has 0 aliphatic rings. The van der Waals surface area contributed by atoms with E-state index in [4.69, 9.17) is 19.9 Å². The van der Waals surface area contributed by atoms with Gasteiger partial charge in [-0.15, -0.1) is 0 Å². The minimum absolute atomic E-state index is 0.150. The minimum atomic E-state index is -1.02. The number of nitrogens with zero attached hydrogens (tertiary/aromatic N) is 5. The zero-order chi connectivity index (χ0) is 40.5. The summed E-state index contributed by atoms with van der Waals surface area (Å²) in [5, 5.41) is 21.7. The Bertz CT molecular complexity index is 2850. The van der Waals surface area contributed by atoms with E-state index >= 15 is 0 Å². The lowest BCUT2D eigenvalue weighted by Gasteiger charge is -2.12. The van der Waals surface area contributed by atoms with Crippen LogP contribution in [0.15, 0.2) is 133 Å².